The van der Waals surface area contributed by atoms with Gasteiger partial charge in [-0.1, -0.05) is 0 Å². The third-order valence-corrected chi connectivity index (χ3v) is 3.06. The Kier molecular flexibility index (Phi) is 3.23. The van der Waals surface area contributed by atoms with E-state index in [1.54, 1.807) is 0 Å². The van der Waals surface area contributed by atoms with E-state index in [1.165, 1.54) is 0 Å². The first kappa shape index (κ1) is 11.5. The van der Waals surface area contributed by atoms with Gasteiger partial charge in [-0.05, 0) is 40.8 Å². The maximum Gasteiger partial charge on any atom is 0.224 e. The van der Waals surface area contributed by atoms with Gasteiger partial charge in [-0.25, -0.2) is 8.78 Å². The third-order valence-electron chi connectivity index (χ3n) is 2.46. The van der Waals surface area contributed by atoms with Crippen LogP contribution >= 0.6 is 15.9 Å². The fourth-order valence-electron chi connectivity index (χ4n) is 1.40. The molecule has 1 saturated carbocycles. The van der Waals surface area contributed by atoms with Gasteiger partial charge in [0.1, 0.15) is 11.6 Å². The van der Waals surface area contributed by atoms with Crippen LogP contribution in [-0.2, 0) is 4.79 Å². The monoisotopic (exact) mass is 289 g/mol. The van der Waals surface area contributed by atoms with Crippen LogP contribution in [0.25, 0.3) is 0 Å². The molecule has 1 aromatic carbocycles. The molecule has 16 heavy (non-hydrogen) atoms. The molecule has 1 aromatic rings. The number of benzene rings is 1. The van der Waals surface area contributed by atoms with Crippen molar-refractivity contribution in [2.75, 3.05) is 5.32 Å². The predicted molar refractivity (Wildman–Crippen MR) is 60.0 cm³/mol. The maximum atomic E-state index is 13.3. The Morgan fingerprint density at radius 1 is 1.38 bits per heavy atom. The van der Waals surface area contributed by atoms with Gasteiger partial charge in [-0.15, -0.1) is 0 Å². The molecule has 1 fully saturated rings. The van der Waals surface area contributed by atoms with E-state index >= 15 is 0 Å². The van der Waals surface area contributed by atoms with Gasteiger partial charge in [-0.2, -0.15) is 0 Å². The maximum absolute atomic E-state index is 13.3. The Labute approximate surface area is 100 Å². The Bertz CT molecular complexity index is 432. The van der Waals surface area contributed by atoms with Gasteiger partial charge < -0.3 is 5.32 Å². The van der Waals surface area contributed by atoms with E-state index < -0.39 is 11.6 Å². The number of hydrogen-bond donors (Lipinski definition) is 1. The fourth-order valence-corrected chi connectivity index (χ4v) is 1.72. The highest BCUT2D eigenvalue weighted by molar-refractivity contribution is 9.10. The summed E-state index contributed by atoms with van der Waals surface area (Å²) >= 11 is 2.87. The molecule has 86 valence electrons. The van der Waals surface area contributed by atoms with Crippen LogP contribution in [0.5, 0.6) is 0 Å². The van der Waals surface area contributed by atoms with Gasteiger partial charge in [0, 0.05) is 12.5 Å². The number of hydrogen-bond acceptors (Lipinski definition) is 1. The molecule has 0 aromatic heterocycles. The van der Waals surface area contributed by atoms with Crippen LogP contribution in [0.4, 0.5) is 14.5 Å². The van der Waals surface area contributed by atoms with Crippen molar-refractivity contribution >= 4 is 27.5 Å². The van der Waals surface area contributed by atoms with Gasteiger partial charge in [0.05, 0.1) is 10.2 Å². The highest BCUT2D eigenvalue weighted by Crippen LogP contribution is 2.33. The molecule has 0 bridgehead atoms. The minimum absolute atomic E-state index is 0.0465. The molecule has 0 heterocycles. The molecule has 0 aliphatic heterocycles. The molecule has 1 aliphatic rings. The molecule has 5 heteroatoms. The average Bonchev–Trinajstić information content (AvgIpc) is 2.98. The minimum Gasteiger partial charge on any atom is -0.324 e. The van der Waals surface area contributed by atoms with E-state index in [0.717, 1.165) is 25.0 Å². The standard InChI is InChI=1S/C11H10BrF2NO/c12-7-4-9(14)10(5-8(7)13)15-11(16)3-6-1-2-6/h4-6H,1-3H2,(H,15,16). The number of halogens is 3. The summed E-state index contributed by atoms with van der Waals surface area (Å²) in [4.78, 5) is 11.4. The zero-order valence-electron chi connectivity index (χ0n) is 8.40. The summed E-state index contributed by atoms with van der Waals surface area (Å²) in [6, 6.07) is 1.98. The Balaban J connectivity index is 2.07. The molecule has 0 atom stereocenters. The minimum atomic E-state index is -0.641. The summed E-state index contributed by atoms with van der Waals surface area (Å²) in [5.41, 5.74) is -0.105. The summed E-state index contributed by atoms with van der Waals surface area (Å²) in [6.07, 6.45) is 2.48. The Morgan fingerprint density at radius 2 is 2.06 bits per heavy atom. The summed E-state index contributed by atoms with van der Waals surface area (Å²) in [5, 5.41) is 2.37. The Hall–Kier alpha value is -0.970. The zero-order valence-corrected chi connectivity index (χ0v) is 9.98. The summed E-state index contributed by atoms with van der Waals surface area (Å²) < 4.78 is 26.5. The number of nitrogens with one attached hydrogen (secondary N) is 1. The molecule has 1 aliphatic carbocycles. The number of carbonyl (C=O) groups is 1. The number of amides is 1. The average molecular weight is 290 g/mol. The molecule has 0 saturated heterocycles. The van der Waals surface area contributed by atoms with Gasteiger partial charge in [-0.3, -0.25) is 4.79 Å². The fraction of sp³-hybridized carbons (Fsp3) is 0.364. The third kappa shape index (κ3) is 2.78. The molecule has 0 unspecified atom stereocenters. The molecule has 2 rings (SSSR count). The van der Waals surface area contributed by atoms with Crippen molar-refractivity contribution in [2.45, 2.75) is 19.3 Å². The van der Waals surface area contributed by atoms with Gasteiger partial charge in [0.25, 0.3) is 0 Å². The second-order valence-electron chi connectivity index (χ2n) is 3.94. The van der Waals surface area contributed by atoms with Crippen molar-refractivity contribution in [2.24, 2.45) is 5.92 Å². The first-order valence-corrected chi connectivity index (χ1v) is 5.80. The van der Waals surface area contributed by atoms with Crippen molar-refractivity contribution in [3.05, 3.63) is 28.2 Å². The van der Waals surface area contributed by atoms with E-state index in [2.05, 4.69) is 21.2 Å². The number of carbonyl (C=O) groups excluding carboxylic acids is 1. The molecule has 1 amide bonds. The summed E-state index contributed by atoms with van der Waals surface area (Å²) in [6.45, 7) is 0. The normalized spacial score (nSPS) is 14.9. The van der Waals surface area contributed by atoms with E-state index in [-0.39, 0.29) is 16.1 Å². The lowest BCUT2D eigenvalue weighted by molar-refractivity contribution is -0.116. The second kappa shape index (κ2) is 4.49. The predicted octanol–water partition coefficient (Wildman–Crippen LogP) is 3.47. The molecular formula is C11H10BrF2NO. The van der Waals surface area contributed by atoms with Crippen molar-refractivity contribution < 1.29 is 13.6 Å². The quantitative estimate of drug-likeness (QED) is 0.849. The van der Waals surface area contributed by atoms with Crippen LogP contribution in [0, 0.1) is 17.6 Å². The summed E-state index contributed by atoms with van der Waals surface area (Å²) in [5.74, 6) is -1.08. The smallest absolute Gasteiger partial charge is 0.224 e. The van der Waals surface area contributed by atoms with Crippen LogP contribution in [-0.4, -0.2) is 5.91 Å². The highest BCUT2D eigenvalue weighted by Gasteiger charge is 2.24. The van der Waals surface area contributed by atoms with E-state index in [1.807, 2.05) is 0 Å². The van der Waals surface area contributed by atoms with Gasteiger partial charge in [0.15, 0.2) is 0 Å². The van der Waals surface area contributed by atoms with E-state index in [9.17, 15) is 13.6 Å². The molecular weight excluding hydrogens is 280 g/mol. The SMILES string of the molecule is O=C(CC1CC1)Nc1cc(F)c(Br)cc1F. The van der Waals surface area contributed by atoms with Crippen molar-refractivity contribution in [3.63, 3.8) is 0 Å². The highest BCUT2D eigenvalue weighted by atomic mass is 79.9. The van der Waals surface area contributed by atoms with Crippen molar-refractivity contribution in [1.82, 2.24) is 0 Å². The lowest BCUT2D eigenvalue weighted by atomic mass is 10.2. The molecule has 0 spiro atoms. The summed E-state index contributed by atoms with van der Waals surface area (Å²) in [7, 11) is 0. The van der Waals surface area contributed by atoms with Gasteiger partial charge >= 0.3 is 0 Å². The molecule has 2 nitrogen and oxygen atoms in total. The van der Waals surface area contributed by atoms with E-state index in [0.29, 0.717) is 12.3 Å². The number of rotatable bonds is 3. The van der Waals surface area contributed by atoms with Crippen LogP contribution in [0.15, 0.2) is 16.6 Å². The first-order valence-electron chi connectivity index (χ1n) is 5.00. The molecule has 1 N–H and O–H groups in total. The Morgan fingerprint density at radius 3 is 2.69 bits per heavy atom. The van der Waals surface area contributed by atoms with Crippen molar-refractivity contribution in [3.8, 4) is 0 Å². The topological polar surface area (TPSA) is 29.1 Å². The lowest BCUT2D eigenvalue weighted by Crippen LogP contribution is -2.13. The zero-order chi connectivity index (χ0) is 11.7. The van der Waals surface area contributed by atoms with Gasteiger partial charge in [0.2, 0.25) is 5.91 Å². The van der Waals surface area contributed by atoms with Crippen LogP contribution < -0.4 is 5.32 Å². The first-order chi connectivity index (χ1) is 7.56. The lowest BCUT2D eigenvalue weighted by Gasteiger charge is -2.06. The number of anilines is 1. The van der Waals surface area contributed by atoms with E-state index in [4.69, 9.17) is 0 Å². The van der Waals surface area contributed by atoms with Crippen LogP contribution in [0.3, 0.4) is 0 Å². The molecule has 0 radical (unpaired) electrons. The van der Waals surface area contributed by atoms with Crippen LogP contribution in [0.1, 0.15) is 19.3 Å². The largest absolute Gasteiger partial charge is 0.324 e. The van der Waals surface area contributed by atoms with Crippen LogP contribution in [0.2, 0.25) is 0 Å². The van der Waals surface area contributed by atoms with Crippen molar-refractivity contribution in [1.29, 1.82) is 0 Å². The second-order valence-corrected chi connectivity index (χ2v) is 4.80.